The van der Waals surface area contributed by atoms with Gasteiger partial charge in [-0.05, 0) is 50.6 Å². The zero-order valence-corrected chi connectivity index (χ0v) is 19.1. The standard InChI is InChI=1S/C24H23ClN6O2/c1-13(2)31-11-18(20-22(26)27-12-28-23(20)31)21(32)15-8-7-14(3)19(9-15)30-24(33)29-17-6-4-5-16(25)10-17/h4-13H,1-3H3,(H2,26,27,28)(H2,29,30,33). The van der Waals surface area contributed by atoms with Gasteiger partial charge in [0.2, 0.25) is 0 Å². The number of halogens is 1. The summed E-state index contributed by atoms with van der Waals surface area (Å²) in [5.74, 6) is 0.00769. The molecule has 4 rings (SSSR count). The molecule has 0 atom stereocenters. The van der Waals surface area contributed by atoms with E-state index >= 15 is 0 Å². The van der Waals surface area contributed by atoms with Gasteiger partial charge in [-0.15, -0.1) is 0 Å². The summed E-state index contributed by atoms with van der Waals surface area (Å²) in [4.78, 5) is 34.3. The fourth-order valence-electron chi connectivity index (χ4n) is 3.58. The predicted octanol–water partition coefficient (Wildman–Crippen LogP) is 5.43. The summed E-state index contributed by atoms with van der Waals surface area (Å²) >= 11 is 5.97. The van der Waals surface area contributed by atoms with Crippen molar-refractivity contribution in [3.05, 3.63) is 76.7 Å². The lowest BCUT2D eigenvalue weighted by Crippen LogP contribution is -2.20. The largest absolute Gasteiger partial charge is 0.383 e. The second-order valence-electron chi connectivity index (χ2n) is 7.95. The third-order valence-corrected chi connectivity index (χ3v) is 5.51. The number of carbonyl (C=O) groups is 2. The lowest BCUT2D eigenvalue weighted by molar-refractivity contribution is 0.104. The van der Waals surface area contributed by atoms with Crippen LogP contribution < -0.4 is 16.4 Å². The monoisotopic (exact) mass is 462 g/mol. The third-order valence-electron chi connectivity index (χ3n) is 5.27. The number of amides is 2. The number of nitrogens with one attached hydrogen (secondary N) is 2. The van der Waals surface area contributed by atoms with Gasteiger partial charge in [0.25, 0.3) is 0 Å². The number of carbonyl (C=O) groups excluding carboxylic acids is 2. The van der Waals surface area contributed by atoms with Crippen LogP contribution in [-0.2, 0) is 0 Å². The van der Waals surface area contributed by atoms with Gasteiger partial charge in [-0.1, -0.05) is 29.8 Å². The highest BCUT2D eigenvalue weighted by Gasteiger charge is 2.22. The number of nitrogens with zero attached hydrogens (tertiary/aromatic N) is 3. The number of nitrogens with two attached hydrogens (primary N) is 1. The molecule has 2 heterocycles. The van der Waals surface area contributed by atoms with Crippen molar-refractivity contribution in [2.75, 3.05) is 16.4 Å². The Morgan fingerprint density at radius 2 is 1.88 bits per heavy atom. The molecular formula is C24H23ClN6O2. The molecular weight excluding hydrogens is 440 g/mol. The van der Waals surface area contributed by atoms with Crippen LogP contribution in [0.4, 0.5) is 22.0 Å². The molecule has 0 bridgehead atoms. The number of nitrogen functional groups attached to an aromatic ring is 1. The van der Waals surface area contributed by atoms with E-state index < -0.39 is 6.03 Å². The maximum Gasteiger partial charge on any atom is 0.323 e. The summed E-state index contributed by atoms with van der Waals surface area (Å²) in [6.45, 7) is 5.84. The summed E-state index contributed by atoms with van der Waals surface area (Å²) in [5, 5.41) is 6.56. The van der Waals surface area contributed by atoms with Crippen molar-refractivity contribution in [3.8, 4) is 0 Å². The fraction of sp³-hybridized carbons (Fsp3) is 0.167. The van der Waals surface area contributed by atoms with Crippen LogP contribution >= 0.6 is 11.6 Å². The maximum absolute atomic E-state index is 13.5. The molecule has 9 heteroatoms. The van der Waals surface area contributed by atoms with E-state index in [1.165, 1.54) is 6.33 Å². The molecule has 2 aromatic heterocycles. The Kier molecular flexibility index (Phi) is 6.02. The first-order chi connectivity index (χ1) is 15.7. The molecule has 4 N–H and O–H groups in total. The number of benzene rings is 2. The Balaban J connectivity index is 1.65. The quantitative estimate of drug-likeness (QED) is 0.342. The van der Waals surface area contributed by atoms with Crippen molar-refractivity contribution >= 4 is 51.6 Å². The smallest absolute Gasteiger partial charge is 0.323 e. The second-order valence-corrected chi connectivity index (χ2v) is 8.39. The van der Waals surface area contributed by atoms with E-state index in [0.717, 1.165) is 5.56 Å². The third kappa shape index (κ3) is 4.51. The van der Waals surface area contributed by atoms with E-state index in [4.69, 9.17) is 17.3 Å². The van der Waals surface area contributed by atoms with Gasteiger partial charge in [-0.25, -0.2) is 14.8 Å². The molecule has 2 aromatic carbocycles. The summed E-state index contributed by atoms with van der Waals surface area (Å²) in [5.41, 5.74) is 9.40. The van der Waals surface area contributed by atoms with E-state index in [0.29, 0.717) is 38.6 Å². The van der Waals surface area contributed by atoms with Crippen LogP contribution in [0.2, 0.25) is 5.02 Å². The van der Waals surface area contributed by atoms with E-state index in [1.807, 2.05) is 25.3 Å². The minimum Gasteiger partial charge on any atom is -0.383 e. The molecule has 0 radical (unpaired) electrons. The minimum atomic E-state index is -0.445. The lowest BCUT2D eigenvalue weighted by Gasteiger charge is -2.12. The van der Waals surface area contributed by atoms with Crippen molar-refractivity contribution in [1.29, 1.82) is 0 Å². The predicted molar refractivity (Wildman–Crippen MR) is 131 cm³/mol. The Morgan fingerprint density at radius 3 is 2.61 bits per heavy atom. The molecule has 0 unspecified atom stereocenters. The topological polar surface area (TPSA) is 115 Å². The van der Waals surface area contributed by atoms with Crippen LogP contribution in [-0.4, -0.2) is 26.3 Å². The Hall–Kier alpha value is -3.91. The molecule has 4 aromatic rings. The van der Waals surface area contributed by atoms with Crippen LogP contribution in [0.25, 0.3) is 11.0 Å². The van der Waals surface area contributed by atoms with Crippen molar-refractivity contribution in [2.45, 2.75) is 26.8 Å². The number of hydrogen-bond acceptors (Lipinski definition) is 5. The summed E-state index contributed by atoms with van der Waals surface area (Å²) < 4.78 is 1.90. The van der Waals surface area contributed by atoms with Crippen LogP contribution in [0.15, 0.2) is 55.0 Å². The molecule has 0 aliphatic rings. The Labute approximate surface area is 195 Å². The van der Waals surface area contributed by atoms with Crippen molar-refractivity contribution in [3.63, 3.8) is 0 Å². The molecule has 0 saturated carbocycles. The Bertz CT molecular complexity index is 1380. The highest BCUT2D eigenvalue weighted by Crippen LogP contribution is 2.29. The SMILES string of the molecule is Cc1ccc(C(=O)c2cn(C(C)C)c3ncnc(N)c23)cc1NC(=O)Nc1cccc(Cl)c1. The number of aromatic nitrogens is 3. The average Bonchev–Trinajstić information content (AvgIpc) is 3.16. The number of rotatable bonds is 5. The molecule has 0 aliphatic heterocycles. The maximum atomic E-state index is 13.5. The van der Waals surface area contributed by atoms with Gasteiger partial charge >= 0.3 is 6.03 Å². The van der Waals surface area contributed by atoms with E-state index in [9.17, 15) is 9.59 Å². The first kappa shape index (κ1) is 22.3. The van der Waals surface area contributed by atoms with Gasteiger partial charge in [-0.2, -0.15) is 0 Å². The highest BCUT2D eigenvalue weighted by atomic mass is 35.5. The first-order valence-electron chi connectivity index (χ1n) is 10.3. The molecule has 168 valence electrons. The van der Waals surface area contributed by atoms with Gasteiger partial charge in [-0.3, -0.25) is 4.79 Å². The van der Waals surface area contributed by atoms with Gasteiger partial charge in [0, 0.05) is 34.2 Å². The normalized spacial score (nSPS) is 11.1. The lowest BCUT2D eigenvalue weighted by atomic mass is 10.0. The molecule has 8 nitrogen and oxygen atoms in total. The number of aryl methyl sites for hydroxylation is 1. The van der Waals surface area contributed by atoms with Gasteiger partial charge in [0.15, 0.2) is 5.78 Å². The summed E-state index contributed by atoms with van der Waals surface area (Å²) in [6.07, 6.45) is 3.14. The minimum absolute atomic E-state index is 0.0776. The highest BCUT2D eigenvalue weighted by molar-refractivity contribution is 6.31. The average molecular weight is 463 g/mol. The van der Waals surface area contributed by atoms with Crippen LogP contribution in [0.3, 0.4) is 0 Å². The molecule has 0 saturated heterocycles. The van der Waals surface area contributed by atoms with E-state index in [1.54, 1.807) is 48.7 Å². The van der Waals surface area contributed by atoms with Crippen molar-refractivity contribution in [1.82, 2.24) is 14.5 Å². The van der Waals surface area contributed by atoms with Crippen molar-refractivity contribution < 1.29 is 9.59 Å². The number of hydrogen-bond donors (Lipinski definition) is 3. The summed E-state index contributed by atoms with van der Waals surface area (Å²) in [6, 6.07) is 11.6. The zero-order chi connectivity index (χ0) is 23.7. The Morgan fingerprint density at radius 1 is 1.09 bits per heavy atom. The number of anilines is 3. The van der Waals surface area contributed by atoms with Gasteiger partial charge < -0.3 is 20.9 Å². The van der Waals surface area contributed by atoms with Crippen molar-refractivity contribution in [2.24, 2.45) is 0 Å². The van der Waals surface area contributed by atoms with Gasteiger partial charge in [0.1, 0.15) is 17.8 Å². The van der Waals surface area contributed by atoms with Gasteiger partial charge in [0.05, 0.1) is 10.9 Å². The fourth-order valence-corrected chi connectivity index (χ4v) is 3.77. The molecule has 33 heavy (non-hydrogen) atoms. The number of fused-ring (bicyclic) bond motifs is 1. The van der Waals surface area contributed by atoms with E-state index in [-0.39, 0.29) is 17.6 Å². The molecule has 0 spiro atoms. The summed E-state index contributed by atoms with van der Waals surface area (Å²) in [7, 11) is 0. The van der Waals surface area contributed by atoms with E-state index in [2.05, 4.69) is 20.6 Å². The molecule has 2 amide bonds. The second kappa shape index (κ2) is 8.91. The first-order valence-corrected chi connectivity index (χ1v) is 10.7. The molecule has 0 aliphatic carbocycles. The van der Waals surface area contributed by atoms with Crippen LogP contribution in [0.1, 0.15) is 41.4 Å². The zero-order valence-electron chi connectivity index (χ0n) is 18.4. The number of urea groups is 1. The number of ketones is 1. The molecule has 0 fully saturated rings. The van der Waals surface area contributed by atoms with Crippen LogP contribution in [0, 0.1) is 6.92 Å². The van der Waals surface area contributed by atoms with Crippen LogP contribution in [0.5, 0.6) is 0 Å².